The third-order valence-electron chi connectivity index (χ3n) is 2.27. The highest BCUT2D eigenvalue weighted by Crippen LogP contribution is 2.25. The maximum Gasteiger partial charge on any atom is 0.140 e. The molecule has 0 fully saturated rings. The molecule has 18 heavy (non-hydrogen) atoms. The topological polar surface area (TPSA) is 60.2 Å². The van der Waals surface area contributed by atoms with Gasteiger partial charge in [-0.3, -0.25) is 0 Å². The Morgan fingerprint density at radius 2 is 2.06 bits per heavy atom. The standard InChI is InChI=1S/C12H11BrClN3O/c13-8-3-1-2-4-11(8)18-7-10-9(14)5-6-12(16-10)17-15/h1-6H,7,15H2,(H,16,17). The highest BCUT2D eigenvalue weighted by Gasteiger charge is 2.06. The van der Waals surface area contributed by atoms with Crippen LogP contribution in [0.5, 0.6) is 5.75 Å². The number of nitrogens with zero attached hydrogens (tertiary/aromatic N) is 1. The van der Waals surface area contributed by atoms with Crippen LogP contribution in [-0.4, -0.2) is 4.98 Å². The molecule has 0 amide bonds. The van der Waals surface area contributed by atoms with E-state index in [9.17, 15) is 0 Å². The summed E-state index contributed by atoms with van der Waals surface area (Å²) in [5.74, 6) is 6.58. The van der Waals surface area contributed by atoms with Crippen LogP contribution in [0.2, 0.25) is 5.02 Å². The summed E-state index contributed by atoms with van der Waals surface area (Å²) in [4.78, 5) is 4.23. The molecule has 0 bridgehead atoms. The number of nitrogens with two attached hydrogens (primary N) is 1. The molecule has 2 aromatic rings. The summed E-state index contributed by atoms with van der Waals surface area (Å²) in [7, 11) is 0. The molecule has 0 aliphatic rings. The average molecular weight is 329 g/mol. The molecule has 0 atom stereocenters. The predicted octanol–water partition coefficient (Wildman–Crippen LogP) is 3.36. The van der Waals surface area contributed by atoms with Crippen LogP contribution in [0.4, 0.5) is 5.82 Å². The Morgan fingerprint density at radius 3 is 2.78 bits per heavy atom. The van der Waals surface area contributed by atoms with E-state index < -0.39 is 0 Å². The van der Waals surface area contributed by atoms with Crippen molar-refractivity contribution in [3.63, 3.8) is 0 Å². The number of hydrogen-bond acceptors (Lipinski definition) is 4. The SMILES string of the molecule is NNc1ccc(Cl)c(COc2ccccc2Br)n1. The fraction of sp³-hybridized carbons (Fsp3) is 0.0833. The summed E-state index contributed by atoms with van der Waals surface area (Å²) >= 11 is 9.44. The summed E-state index contributed by atoms with van der Waals surface area (Å²) in [5.41, 5.74) is 3.10. The van der Waals surface area contributed by atoms with E-state index in [1.165, 1.54) is 0 Å². The van der Waals surface area contributed by atoms with Gasteiger partial charge < -0.3 is 10.2 Å². The third-order valence-corrected chi connectivity index (χ3v) is 3.27. The predicted molar refractivity (Wildman–Crippen MR) is 75.5 cm³/mol. The van der Waals surface area contributed by atoms with Crippen LogP contribution in [0.1, 0.15) is 5.69 Å². The number of hydrazine groups is 1. The van der Waals surface area contributed by atoms with Crippen LogP contribution >= 0.6 is 27.5 Å². The second-order valence-electron chi connectivity index (χ2n) is 3.49. The number of nitrogens with one attached hydrogen (secondary N) is 1. The van der Waals surface area contributed by atoms with E-state index in [2.05, 4.69) is 26.3 Å². The van der Waals surface area contributed by atoms with E-state index in [0.717, 1.165) is 10.2 Å². The molecule has 4 nitrogen and oxygen atoms in total. The molecule has 0 saturated carbocycles. The van der Waals surface area contributed by atoms with Gasteiger partial charge in [-0.2, -0.15) is 0 Å². The van der Waals surface area contributed by atoms with Crippen molar-refractivity contribution in [3.8, 4) is 5.75 Å². The average Bonchev–Trinajstić information content (AvgIpc) is 2.39. The lowest BCUT2D eigenvalue weighted by Gasteiger charge is -2.09. The minimum atomic E-state index is 0.275. The molecule has 1 heterocycles. The summed E-state index contributed by atoms with van der Waals surface area (Å²) in [6.07, 6.45) is 0. The lowest BCUT2D eigenvalue weighted by Crippen LogP contribution is -2.10. The van der Waals surface area contributed by atoms with Gasteiger partial charge in [-0.15, -0.1) is 0 Å². The van der Waals surface area contributed by atoms with E-state index in [1.54, 1.807) is 12.1 Å². The Balaban J connectivity index is 2.13. The Kier molecular flexibility index (Phi) is 4.41. The third kappa shape index (κ3) is 3.13. The molecule has 6 heteroatoms. The zero-order chi connectivity index (χ0) is 13.0. The van der Waals surface area contributed by atoms with Gasteiger partial charge in [-0.25, -0.2) is 10.8 Å². The normalized spacial score (nSPS) is 10.2. The Bertz CT molecular complexity index is 551. The van der Waals surface area contributed by atoms with Crippen molar-refractivity contribution in [3.05, 3.63) is 51.6 Å². The molecule has 0 unspecified atom stereocenters. The number of aromatic nitrogens is 1. The first kappa shape index (κ1) is 13.1. The molecular formula is C12H11BrClN3O. The maximum absolute atomic E-state index is 6.04. The smallest absolute Gasteiger partial charge is 0.140 e. The number of benzene rings is 1. The van der Waals surface area contributed by atoms with Crippen LogP contribution in [-0.2, 0) is 6.61 Å². The van der Waals surface area contributed by atoms with Crippen LogP contribution in [0.3, 0.4) is 0 Å². The zero-order valence-corrected chi connectivity index (χ0v) is 11.7. The van der Waals surface area contributed by atoms with Crippen molar-refractivity contribution < 1.29 is 4.74 Å². The van der Waals surface area contributed by atoms with Crippen molar-refractivity contribution in [2.24, 2.45) is 5.84 Å². The first-order valence-electron chi connectivity index (χ1n) is 5.20. The highest BCUT2D eigenvalue weighted by atomic mass is 79.9. The largest absolute Gasteiger partial charge is 0.486 e. The summed E-state index contributed by atoms with van der Waals surface area (Å²) in [5, 5.41) is 0.543. The highest BCUT2D eigenvalue weighted by molar-refractivity contribution is 9.10. The van der Waals surface area contributed by atoms with Gasteiger partial charge in [0, 0.05) is 0 Å². The lowest BCUT2D eigenvalue weighted by molar-refractivity contribution is 0.299. The number of rotatable bonds is 4. The van der Waals surface area contributed by atoms with Gasteiger partial charge in [0.05, 0.1) is 15.2 Å². The van der Waals surface area contributed by atoms with Gasteiger partial charge >= 0.3 is 0 Å². The van der Waals surface area contributed by atoms with Crippen LogP contribution in [0, 0.1) is 0 Å². The number of nitrogen functional groups attached to an aromatic ring is 1. The molecule has 94 valence electrons. The molecule has 0 spiro atoms. The van der Waals surface area contributed by atoms with Crippen molar-refractivity contribution in [1.82, 2.24) is 4.98 Å². The molecule has 3 N–H and O–H groups in total. The van der Waals surface area contributed by atoms with Crippen LogP contribution < -0.4 is 16.0 Å². The van der Waals surface area contributed by atoms with E-state index in [-0.39, 0.29) is 6.61 Å². The lowest BCUT2D eigenvalue weighted by atomic mass is 10.3. The summed E-state index contributed by atoms with van der Waals surface area (Å²) in [6, 6.07) is 11.0. The van der Waals surface area contributed by atoms with E-state index in [1.807, 2.05) is 24.3 Å². The van der Waals surface area contributed by atoms with E-state index >= 15 is 0 Å². The van der Waals surface area contributed by atoms with Gasteiger partial charge in [-0.1, -0.05) is 23.7 Å². The Morgan fingerprint density at radius 1 is 1.28 bits per heavy atom. The number of ether oxygens (including phenoxy) is 1. The first-order chi connectivity index (χ1) is 8.70. The van der Waals surface area contributed by atoms with Gasteiger partial charge in [0.15, 0.2) is 0 Å². The van der Waals surface area contributed by atoms with Crippen molar-refractivity contribution in [2.45, 2.75) is 6.61 Å². The molecule has 2 rings (SSSR count). The van der Waals surface area contributed by atoms with Crippen molar-refractivity contribution in [2.75, 3.05) is 5.43 Å². The van der Waals surface area contributed by atoms with Gasteiger partial charge in [0.25, 0.3) is 0 Å². The van der Waals surface area contributed by atoms with E-state index in [0.29, 0.717) is 16.5 Å². The first-order valence-corrected chi connectivity index (χ1v) is 6.37. The Labute approximate surface area is 118 Å². The minimum Gasteiger partial charge on any atom is -0.486 e. The number of pyridine rings is 1. The molecule has 0 radical (unpaired) electrons. The Hall–Kier alpha value is -1.30. The second kappa shape index (κ2) is 6.04. The quantitative estimate of drug-likeness (QED) is 0.667. The summed E-state index contributed by atoms with van der Waals surface area (Å²) < 4.78 is 6.52. The second-order valence-corrected chi connectivity index (χ2v) is 4.75. The number of anilines is 1. The molecule has 0 aliphatic heterocycles. The molecular weight excluding hydrogens is 318 g/mol. The van der Waals surface area contributed by atoms with Crippen LogP contribution in [0.15, 0.2) is 40.9 Å². The fourth-order valence-corrected chi connectivity index (χ4v) is 1.93. The molecule has 0 aliphatic carbocycles. The monoisotopic (exact) mass is 327 g/mol. The summed E-state index contributed by atoms with van der Waals surface area (Å²) in [6.45, 7) is 0.275. The van der Waals surface area contributed by atoms with Gasteiger partial charge in [-0.05, 0) is 40.2 Å². The molecule has 1 aromatic carbocycles. The zero-order valence-electron chi connectivity index (χ0n) is 9.36. The van der Waals surface area contributed by atoms with Crippen LogP contribution in [0.25, 0.3) is 0 Å². The maximum atomic E-state index is 6.04. The fourth-order valence-electron chi connectivity index (χ4n) is 1.37. The molecule has 0 saturated heterocycles. The minimum absolute atomic E-state index is 0.275. The molecule has 1 aromatic heterocycles. The van der Waals surface area contributed by atoms with E-state index in [4.69, 9.17) is 22.2 Å². The van der Waals surface area contributed by atoms with Crippen molar-refractivity contribution >= 4 is 33.3 Å². The number of para-hydroxylation sites is 1. The number of hydrogen-bond donors (Lipinski definition) is 2. The number of halogens is 2. The van der Waals surface area contributed by atoms with Gasteiger partial charge in [0.1, 0.15) is 18.2 Å². The van der Waals surface area contributed by atoms with Crippen molar-refractivity contribution in [1.29, 1.82) is 0 Å². The van der Waals surface area contributed by atoms with Gasteiger partial charge in [0.2, 0.25) is 0 Å².